The molecule has 3 aromatic rings. The van der Waals surface area contributed by atoms with Crippen molar-refractivity contribution in [2.45, 2.75) is 25.4 Å². The van der Waals surface area contributed by atoms with Gasteiger partial charge in [0.05, 0.1) is 19.1 Å². The Morgan fingerprint density at radius 3 is 2.74 bits per heavy atom. The number of fused-ring (bicyclic) bond motifs is 1. The number of benzene rings is 1. The average Bonchev–Trinajstić information content (AvgIpc) is 3.35. The molecular weight excluding hydrogens is 430 g/mol. The summed E-state index contributed by atoms with van der Waals surface area (Å²) in [5.41, 5.74) is 0.826. The molecule has 8 nitrogen and oxygen atoms in total. The normalized spacial score (nSPS) is 19.8. The molecule has 0 bridgehead atoms. The zero-order valence-corrected chi connectivity index (χ0v) is 17.5. The van der Waals surface area contributed by atoms with E-state index in [1.807, 2.05) is 11.5 Å². The van der Waals surface area contributed by atoms with Gasteiger partial charge in [-0.2, -0.15) is 9.36 Å². The lowest BCUT2D eigenvalue weighted by molar-refractivity contribution is -0.0270. The Morgan fingerprint density at radius 1 is 1.26 bits per heavy atom. The summed E-state index contributed by atoms with van der Waals surface area (Å²) in [6.07, 6.45) is 0. The van der Waals surface area contributed by atoms with Crippen LogP contribution in [0.4, 0.5) is 19.1 Å². The van der Waals surface area contributed by atoms with Crippen LogP contribution in [0.25, 0.3) is 10.8 Å². The van der Waals surface area contributed by atoms with Gasteiger partial charge in [-0.15, -0.1) is 10.2 Å². The van der Waals surface area contributed by atoms with Gasteiger partial charge in [-0.3, -0.25) is 4.79 Å². The number of halogens is 3. The molecule has 0 aliphatic carbocycles. The maximum atomic E-state index is 13.6. The highest BCUT2D eigenvalue weighted by molar-refractivity contribution is 7.09. The highest BCUT2D eigenvalue weighted by Gasteiger charge is 2.45. The molecule has 0 saturated carbocycles. The largest absolute Gasteiger partial charge is 0.328 e. The first kappa shape index (κ1) is 20.0. The first-order valence-corrected chi connectivity index (χ1v) is 10.5. The molecule has 160 valence electrons. The lowest BCUT2D eigenvalue weighted by Gasteiger charge is -2.37. The number of alkyl halides is 2. The van der Waals surface area contributed by atoms with E-state index in [1.165, 1.54) is 23.1 Å². The third kappa shape index (κ3) is 3.36. The van der Waals surface area contributed by atoms with Crippen molar-refractivity contribution in [1.82, 2.24) is 29.0 Å². The molecule has 0 N–H and O–H groups in total. The van der Waals surface area contributed by atoms with Crippen LogP contribution in [0, 0.1) is 5.82 Å². The van der Waals surface area contributed by atoms with Crippen LogP contribution < -0.4 is 10.4 Å². The van der Waals surface area contributed by atoms with Crippen LogP contribution in [-0.2, 0) is 6.54 Å². The molecule has 2 aromatic heterocycles. The van der Waals surface area contributed by atoms with Crippen molar-refractivity contribution >= 4 is 36.7 Å². The first-order chi connectivity index (χ1) is 14.7. The van der Waals surface area contributed by atoms with E-state index in [4.69, 9.17) is 0 Å². The van der Waals surface area contributed by atoms with Crippen molar-refractivity contribution in [3.05, 3.63) is 35.4 Å². The fourth-order valence-corrected chi connectivity index (χ4v) is 4.53. The Kier molecular flexibility index (Phi) is 4.54. The molecule has 2 aliphatic heterocycles. The van der Waals surface area contributed by atoms with Crippen molar-refractivity contribution < 1.29 is 18.0 Å². The fraction of sp³-hybridized carbons (Fsp3) is 0.389. The number of carbonyl (C=O) groups excluding carboxylic acids is 1. The molecule has 1 atom stereocenters. The molecule has 1 fully saturated rings. The van der Waals surface area contributed by atoms with Crippen LogP contribution in [0.3, 0.4) is 0 Å². The SMILES string of the molecule is Bc1cc(C(=O)N2CCn3c(-c4nc(N5CC(F)(F)C5)ns4)nnc3[C@H]2C)ccc1F. The fourth-order valence-electron chi connectivity index (χ4n) is 3.85. The van der Waals surface area contributed by atoms with Gasteiger partial charge in [0, 0.05) is 18.7 Å². The smallest absolute Gasteiger partial charge is 0.282 e. The second kappa shape index (κ2) is 7.04. The summed E-state index contributed by atoms with van der Waals surface area (Å²) in [4.78, 5) is 20.4. The van der Waals surface area contributed by atoms with Gasteiger partial charge >= 0.3 is 0 Å². The summed E-state index contributed by atoms with van der Waals surface area (Å²) in [6, 6.07) is 3.95. The van der Waals surface area contributed by atoms with Crippen molar-refractivity contribution in [2.24, 2.45) is 0 Å². The van der Waals surface area contributed by atoms with Crippen molar-refractivity contribution in [3.8, 4) is 10.8 Å². The molecule has 5 rings (SSSR count). The summed E-state index contributed by atoms with van der Waals surface area (Å²) in [5, 5.41) is 8.96. The average molecular weight is 447 g/mol. The van der Waals surface area contributed by atoms with E-state index in [-0.39, 0.29) is 23.7 Å². The number of anilines is 1. The van der Waals surface area contributed by atoms with Crippen LogP contribution in [0.1, 0.15) is 29.1 Å². The van der Waals surface area contributed by atoms with Gasteiger partial charge in [-0.1, -0.05) is 11.5 Å². The lowest BCUT2D eigenvalue weighted by atomic mass is 9.93. The van der Waals surface area contributed by atoms with E-state index in [9.17, 15) is 18.0 Å². The number of carbonyl (C=O) groups is 1. The van der Waals surface area contributed by atoms with E-state index in [0.717, 1.165) is 11.5 Å². The Labute approximate surface area is 180 Å². The Bertz CT molecular complexity index is 1170. The second-order valence-corrected chi connectivity index (χ2v) is 8.54. The molecule has 1 saturated heterocycles. The van der Waals surface area contributed by atoms with Gasteiger partial charge in [-0.25, -0.2) is 13.2 Å². The zero-order chi connectivity index (χ0) is 21.9. The number of amides is 1. The molecule has 4 heterocycles. The first-order valence-electron chi connectivity index (χ1n) is 9.70. The second-order valence-electron chi connectivity index (χ2n) is 7.78. The number of rotatable bonds is 3. The summed E-state index contributed by atoms with van der Waals surface area (Å²) in [5.74, 6) is -1.90. The minimum atomic E-state index is -2.70. The standard InChI is InChI=1S/C18H17BF3N7OS/c1-9-13-24-25-14(15-23-17(26-31-15)27-7-18(21,22)8-27)29(13)5-4-28(9)16(30)10-2-3-12(20)11(19)6-10/h2-3,6,9H,4-5,7-8,19H2,1H3/t9-/m1/s1. The Hall–Kier alpha value is -2.96. The van der Waals surface area contributed by atoms with Crippen LogP contribution >= 0.6 is 11.5 Å². The summed E-state index contributed by atoms with van der Waals surface area (Å²) in [7, 11) is 1.62. The summed E-state index contributed by atoms with van der Waals surface area (Å²) >= 11 is 1.08. The Balaban J connectivity index is 1.37. The molecule has 2 aliphatic rings. The van der Waals surface area contributed by atoms with Crippen molar-refractivity contribution in [2.75, 3.05) is 24.5 Å². The van der Waals surface area contributed by atoms with Crippen LogP contribution in [0.5, 0.6) is 0 Å². The maximum absolute atomic E-state index is 13.6. The van der Waals surface area contributed by atoms with Crippen LogP contribution in [0.15, 0.2) is 18.2 Å². The van der Waals surface area contributed by atoms with Crippen molar-refractivity contribution in [1.29, 1.82) is 0 Å². The molecule has 1 amide bonds. The highest BCUT2D eigenvalue weighted by Crippen LogP contribution is 2.34. The predicted octanol–water partition coefficient (Wildman–Crippen LogP) is 0.866. The summed E-state index contributed by atoms with van der Waals surface area (Å²) < 4.78 is 45.8. The minimum absolute atomic E-state index is 0.205. The van der Waals surface area contributed by atoms with Crippen LogP contribution in [-0.4, -0.2) is 68.3 Å². The molecule has 0 spiro atoms. The molecule has 1 aromatic carbocycles. The predicted molar refractivity (Wildman–Crippen MR) is 110 cm³/mol. The summed E-state index contributed by atoms with van der Waals surface area (Å²) in [6.45, 7) is 1.94. The Morgan fingerprint density at radius 2 is 2.03 bits per heavy atom. The van der Waals surface area contributed by atoms with E-state index >= 15 is 0 Å². The third-order valence-corrected chi connectivity index (χ3v) is 6.29. The molecule has 0 unspecified atom stereocenters. The van der Waals surface area contributed by atoms with Crippen LogP contribution in [0.2, 0.25) is 0 Å². The monoisotopic (exact) mass is 447 g/mol. The van der Waals surface area contributed by atoms with E-state index in [1.54, 1.807) is 12.7 Å². The molecule has 31 heavy (non-hydrogen) atoms. The molecule has 13 heteroatoms. The highest BCUT2D eigenvalue weighted by atomic mass is 32.1. The zero-order valence-electron chi connectivity index (χ0n) is 16.7. The van der Waals surface area contributed by atoms with E-state index in [2.05, 4.69) is 19.6 Å². The molecular formula is C18H17BF3N7OS. The maximum Gasteiger partial charge on any atom is 0.282 e. The molecule has 0 radical (unpaired) electrons. The van der Waals surface area contributed by atoms with Crippen molar-refractivity contribution in [3.63, 3.8) is 0 Å². The number of aromatic nitrogens is 5. The number of hydrogen-bond acceptors (Lipinski definition) is 7. The quantitative estimate of drug-likeness (QED) is 0.555. The number of nitrogens with zero attached hydrogens (tertiary/aromatic N) is 7. The lowest BCUT2D eigenvalue weighted by Crippen LogP contribution is -2.56. The van der Waals surface area contributed by atoms with E-state index < -0.39 is 19.0 Å². The van der Waals surface area contributed by atoms with Gasteiger partial charge in [0.15, 0.2) is 16.7 Å². The third-order valence-electron chi connectivity index (χ3n) is 5.58. The van der Waals surface area contributed by atoms with Gasteiger partial charge in [0.1, 0.15) is 13.7 Å². The van der Waals surface area contributed by atoms with Gasteiger partial charge < -0.3 is 14.4 Å². The van der Waals surface area contributed by atoms with E-state index in [0.29, 0.717) is 40.8 Å². The van der Waals surface area contributed by atoms with Gasteiger partial charge in [0.25, 0.3) is 11.8 Å². The van der Waals surface area contributed by atoms with Gasteiger partial charge in [-0.05, 0) is 30.6 Å². The minimum Gasteiger partial charge on any atom is -0.328 e. The number of hydrogen-bond donors (Lipinski definition) is 0. The topological polar surface area (TPSA) is 80.0 Å². The van der Waals surface area contributed by atoms with Gasteiger partial charge in [0.2, 0.25) is 5.95 Å².